The maximum Gasteiger partial charge on any atom is 0.102 e. The number of benzene rings is 5. The standard InChI is InChI=1S/C41H38N4/c1-5-41(6-2)36-22-16-15-21-33(36)38-35(28-43)40(44(7-3)8-4)34(27-42)37(39(38)41)29-23-25-32(26-24-29)45(30-17-11-9-12-18-30)31-19-13-10-14-20-31/h9-26H,5-8H2,1-4H3. The van der Waals surface area contributed by atoms with E-state index in [0.717, 1.165) is 63.4 Å². The summed E-state index contributed by atoms with van der Waals surface area (Å²) in [5.74, 6) is 0. The summed E-state index contributed by atoms with van der Waals surface area (Å²) in [4.78, 5) is 4.42. The number of para-hydroxylation sites is 2. The number of hydrogen-bond donors (Lipinski definition) is 0. The predicted molar refractivity (Wildman–Crippen MR) is 186 cm³/mol. The second-order valence-electron chi connectivity index (χ2n) is 11.5. The van der Waals surface area contributed by atoms with E-state index in [2.05, 4.69) is 147 Å². The monoisotopic (exact) mass is 586 g/mol. The minimum absolute atomic E-state index is 0.307. The van der Waals surface area contributed by atoms with Crippen LogP contribution in [0.5, 0.6) is 0 Å². The third-order valence-electron chi connectivity index (χ3n) is 9.62. The van der Waals surface area contributed by atoms with E-state index in [-0.39, 0.29) is 5.41 Å². The molecule has 4 heteroatoms. The van der Waals surface area contributed by atoms with Crippen molar-refractivity contribution in [1.82, 2.24) is 0 Å². The Morgan fingerprint density at radius 2 is 1.07 bits per heavy atom. The summed E-state index contributed by atoms with van der Waals surface area (Å²) in [7, 11) is 0. The number of hydrogen-bond acceptors (Lipinski definition) is 4. The van der Waals surface area contributed by atoms with Gasteiger partial charge >= 0.3 is 0 Å². The molecule has 0 saturated heterocycles. The Bertz CT molecular complexity index is 1860. The smallest absolute Gasteiger partial charge is 0.102 e. The second-order valence-corrected chi connectivity index (χ2v) is 11.5. The first-order chi connectivity index (χ1) is 22.1. The zero-order chi connectivity index (χ0) is 31.6. The lowest BCUT2D eigenvalue weighted by Crippen LogP contribution is -2.27. The first kappa shape index (κ1) is 29.7. The molecule has 6 rings (SSSR count). The average Bonchev–Trinajstić information content (AvgIpc) is 3.40. The Labute approximate surface area is 267 Å². The number of rotatable bonds is 9. The van der Waals surface area contributed by atoms with E-state index in [9.17, 15) is 10.5 Å². The number of nitriles is 2. The van der Waals surface area contributed by atoms with Gasteiger partial charge in [-0.2, -0.15) is 10.5 Å². The molecule has 1 aliphatic rings. The molecule has 0 radical (unpaired) electrons. The SMILES string of the molecule is CCN(CC)c1c(C#N)c(-c2ccc(N(c3ccccc3)c3ccccc3)cc2)c2c(c1C#N)-c1ccccc1C2(CC)CC. The highest BCUT2D eigenvalue weighted by molar-refractivity contribution is 5.99. The van der Waals surface area contributed by atoms with E-state index in [1.165, 1.54) is 5.56 Å². The van der Waals surface area contributed by atoms with Crippen LogP contribution in [0.2, 0.25) is 0 Å². The topological polar surface area (TPSA) is 54.1 Å². The van der Waals surface area contributed by atoms with Gasteiger partial charge in [0, 0.05) is 46.7 Å². The third-order valence-corrected chi connectivity index (χ3v) is 9.62. The Balaban J connectivity index is 1.66. The maximum absolute atomic E-state index is 10.9. The van der Waals surface area contributed by atoms with E-state index >= 15 is 0 Å². The lowest BCUT2D eigenvalue weighted by Gasteiger charge is -2.34. The van der Waals surface area contributed by atoms with Gasteiger partial charge in [0.1, 0.15) is 12.1 Å². The Morgan fingerprint density at radius 3 is 1.58 bits per heavy atom. The van der Waals surface area contributed by atoms with Crippen LogP contribution in [-0.2, 0) is 5.41 Å². The minimum Gasteiger partial charge on any atom is -0.370 e. The van der Waals surface area contributed by atoms with Gasteiger partial charge in [-0.1, -0.05) is 86.6 Å². The Kier molecular flexibility index (Phi) is 8.16. The van der Waals surface area contributed by atoms with Crippen LogP contribution in [0.1, 0.15) is 62.8 Å². The highest BCUT2D eigenvalue weighted by atomic mass is 15.1. The van der Waals surface area contributed by atoms with Gasteiger partial charge in [0.25, 0.3) is 0 Å². The quantitative estimate of drug-likeness (QED) is 0.172. The van der Waals surface area contributed by atoms with Gasteiger partial charge in [-0.3, -0.25) is 0 Å². The summed E-state index contributed by atoms with van der Waals surface area (Å²) in [6.07, 6.45) is 1.74. The molecule has 5 aromatic carbocycles. The van der Waals surface area contributed by atoms with E-state index in [4.69, 9.17) is 0 Å². The first-order valence-electron chi connectivity index (χ1n) is 16.0. The van der Waals surface area contributed by atoms with Crippen LogP contribution in [0.3, 0.4) is 0 Å². The van der Waals surface area contributed by atoms with Gasteiger partial charge in [0.15, 0.2) is 0 Å². The fourth-order valence-electron chi connectivity index (χ4n) is 7.46. The van der Waals surface area contributed by atoms with Gasteiger partial charge in [-0.15, -0.1) is 0 Å². The molecule has 1 aliphatic carbocycles. The predicted octanol–water partition coefficient (Wildman–Crippen LogP) is 10.5. The molecule has 5 aromatic rings. The minimum atomic E-state index is -0.307. The van der Waals surface area contributed by atoms with Gasteiger partial charge < -0.3 is 9.80 Å². The van der Waals surface area contributed by atoms with Crippen molar-refractivity contribution in [3.05, 3.63) is 131 Å². The summed E-state index contributed by atoms with van der Waals surface area (Å²) in [5.41, 5.74) is 11.2. The van der Waals surface area contributed by atoms with E-state index in [1.54, 1.807) is 0 Å². The van der Waals surface area contributed by atoms with Crippen molar-refractivity contribution < 1.29 is 0 Å². The molecule has 0 saturated carbocycles. The van der Waals surface area contributed by atoms with Crippen LogP contribution < -0.4 is 9.80 Å². The van der Waals surface area contributed by atoms with Crippen molar-refractivity contribution in [1.29, 1.82) is 10.5 Å². The zero-order valence-corrected chi connectivity index (χ0v) is 26.5. The summed E-state index contributed by atoms with van der Waals surface area (Å²) in [6, 6.07) is 43.1. The van der Waals surface area contributed by atoms with Crippen molar-refractivity contribution in [2.45, 2.75) is 46.0 Å². The van der Waals surface area contributed by atoms with E-state index in [1.807, 2.05) is 12.1 Å². The molecule has 0 fully saturated rings. The van der Waals surface area contributed by atoms with Crippen molar-refractivity contribution in [3.63, 3.8) is 0 Å². The molecule has 0 N–H and O–H groups in total. The molecule has 0 aliphatic heterocycles. The Hall–Kier alpha value is -5.32. The second kappa shape index (κ2) is 12.4. The molecule has 0 spiro atoms. The molecule has 0 amide bonds. The van der Waals surface area contributed by atoms with Crippen LogP contribution in [0, 0.1) is 22.7 Å². The molecule has 4 nitrogen and oxygen atoms in total. The fraction of sp³-hybridized carbons (Fsp3) is 0.220. The molecular weight excluding hydrogens is 548 g/mol. The van der Waals surface area contributed by atoms with Gasteiger partial charge in [-0.25, -0.2) is 0 Å². The molecule has 222 valence electrons. The molecule has 45 heavy (non-hydrogen) atoms. The normalized spacial score (nSPS) is 12.5. The highest BCUT2D eigenvalue weighted by Crippen LogP contribution is 2.59. The van der Waals surface area contributed by atoms with Crippen LogP contribution in [0.4, 0.5) is 22.7 Å². The fourth-order valence-corrected chi connectivity index (χ4v) is 7.46. The Morgan fingerprint density at radius 1 is 0.578 bits per heavy atom. The third kappa shape index (κ3) is 4.66. The molecule has 0 bridgehead atoms. The number of anilines is 4. The largest absolute Gasteiger partial charge is 0.370 e. The first-order valence-corrected chi connectivity index (χ1v) is 16.0. The van der Waals surface area contributed by atoms with Crippen LogP contribution >= 0.6 is 0 Å². The average molecular weight is 587 g/mol. The van der Waals surface area contributed by atoms with Crippen molar-refractivity contribution in [2.75, 3.05) is 22.9 Å². The molecule has 0 atom stereocenters. The number of nitrogens with zero attached hydrogens (tertiary/aromatic N) is 4. The number of fused-ring (bicyclic) bond motifs is 3. The lowest BCUT2D eigenvalue weighted by molar-refractivity contribution is 0.491. The van der Waals surface area contributed by atoms with E-state index in [0.29, 0.717) is 24.2 Å². The lowest BCUT2D eigenvalue weighted by atomic mass is 9.70. The van der Waals surface area contributed by atoms with Crippen LogP contribution in [-0.4, -0.2) is 13.1 Å². The summed E-state index contributed by atoms with van der Waals surface area (Å²) >= 11 is 0. The van der Waals surface area contributed by atoms with Crippen molar-refractivity contribution in [2.24, 2.45) is 0 Å². The van der Waals surface area contributed by atoms with Gasteiger partial charge in [0.2, 0.25) is 0 Å². The maximum atomic E-state index is 10.9. The summed E-state index contributed by atoms with van der Waals surface area (Å²) in [6.45, 7) is 10.0. The van der Waals surface area contributed by atoms with Gasteiger partial charge in [0.05, 0.1) is 16.8 Å². The van der Waals surface area contributed by atoms with Crippen molar-refractivity contribution >= 4 is 22.7 Å². The highest BCUT2D eigenvalue weighted by Gasteiger charge is 2.46. The molecule has 0 unspecified atom stereocenters. The van der Waals surface area contributed by atoms with Crippen LogP contribution in [0.25, 0.3) is 22.3 Å². The van der Waals surface area contributed by atoms with Crippen molar-refractivity contribution in [3.8, 4) is 34.4 Å². The van der Waals surface area contributed by atoms with E-state index < -0.39 is 0 Å². The summed E-state index contributed by atoms with van der Waals surface area (Å²) < 4.78 is 0. The molecular formula is C41H38N4. The van der Waals surface area contributed by atoms with Crippen LogP contribution in [0.15, 0.2) is 109 Å². The molecule has 0 aromatic heterocycles. The summed E-state index contributed by atoms with van der Waals surface area (Å²) in [5, 5.41) is 21.7. The zero-order valence-electron chi connectivity index (χ0n) is 26.5. The van der Waals surface area contributed by atoms with Gasteiger partial charge in [-0.05, 0) is 85.3 Å². The molecule has 0 heterocycles.